The molecule has 3 rings (SSSR count). The Hall–Kier alpha value is -1.87. The number of rotatable bonds is 1. The van der Waals surface area contributed by atoms with Crippen molar-refractivity contribution in [3.63, 3.8) is 0 Å². The molecule has 0 saturated heterocycles. The van der Waals surface area contributed by atoms with E-state index < -0.39 is 0 Å². The topological polar surface area (TPSA) is 33.1 Å². The molecule has 2 nitrogen and oxygen atoms in total. The summed E-state index contributed by atoms with van der Waals surface area (Å²) in [5.41, 5.74) is 5.67. The molecular formula is C13H8NOS. The van der Waals surface area contributed by atoms with Gasteiger partial charge in [0, 0.05) is 5.56 Å². The molecule has 1 radical (unpaired) electrons. The minimum absolute atomic E-state index is 0.215. The molecule has 0 aliphatic carbocycles. The highest BCUT2D eigenvalue weighted by Gasteiger charge is 2.09. The Bertz CT molecular complexity index is 631. The van der Waals surface area contributed by atoms with Crippen LogP contribution in [0.1, 0.15) is 0 Å². The van der Waals surface area contributed by atoms with E-state index in [4.69, 9.17) is 0 Å². The molecule has 0 bridgehead atoms. The third kappa shape index (κ3) is 1.37. The average Bonchev–Trinajstić information content (AvgIpc) is 2.81. The van der Waals surface area contributed by atoms with Crippen molar-refractivity contribution < 1.29 is 5.11 Å². The predicted molar refractivity (Wildman–Crippen MR) is 65.6 cm³/mol. The summed E-state index contributed by atoms with van der Waals surface area (Å²) in [4.78, 5) is 4.05. The molecule has 0 spiro atoms. The van der Waals surface area contributed by atoms with Gasteiger partial charge in [0.25, 0.3) is 0 Å². The third-order valence-corrected chi connectivity index (χ3v) is 3.30. The Morgan fingerprint density at radius 1 is 1.06 bits per heavy atom. The van der Waals surface area contributed by atoms with Gasteiger partial charge in [0.15, 0.2) is 5.51 Å². The monoisotopic (exact) mass is 226 g/mol. The fourth-order valence-corrected chi connectivity index (χ4v) is 2.50. The van der Waals surface area contributed by atoms with Gasteiger partial charge in [0.05, 0.1) is 4.70 Å². The first kappa shape index (κ1) is 9.36. The van der Waals surface area contributed by atoms with Gasteiger partial charge in [-0.05, 0) is 17.7 Å². The van der Waals surface area contributed by atoms with Crippen molar-refractivity contribution in [3.05, 3.63) is 48.0 Å². The number of aromatic hydroxyl groups is 1. The Labute approximate surface area is 96.8 Å². The summed E-state index contributed by atoms with van der Waals surface area (Å²) in [6, 6.07) is 13.7. The third-order valence-electron chi connectivity index (χ3n) is 2.50. The summed E-state index contributed by atoms with van der Waals surface area (Å²) in [7, 11) is 0. The molecule has 2 aromatic carbocycles. The molecule has 1 aromatic heterocycles. The molecular weight excluding hydrogens is 218 g/mol. The van der Waals surface area contributed by atoms with Crippen LogP contribution >= 0.6 is 11.3 Å². The molecule has 1 heterocycles. The summed E-state index contributed by atoms with van der Waals surface area (Å²) >= 11 is 1.43. The molecule has 77 valence electrons. The van der Waals surface area contributed by atoms with E-state index in [0.29, 0.717) is 5.52 Å². The fraction of sp³-hybridized carbons (Fsp3) is 0. The second-order valence-corrected chi connectivity index (χ2v) is 4.28. The molecule has 3 aromatic rings. The van der Waals surface area contributed by atoms with Gasteiger partial charge in [0.2, 0.25) is 0 Å². The van der Waals surface area contributed by atoms with Crippen molar-refractivity contribution in [2.24, 2.45) is 0 Å². The smallest absolute Gasteiger partial charge is 0.153 e. The van der Waals surface area contributed by atoms with Crippen LogP contribution in [0.2, 0.25) is 0 Å². The average molecular weight is 226 g/mol. The zero-order valence-corrected chi connectivity index (χ0v) is 9.16. The van der Waals surface area contributed by atoms with Gasteiger partial charge >= 0.3 is 0 Å². The van der Waals surface area contributed by atoms with Crippen molar-refractivity contribution in [2.45, 2.75) is 0 Å². The summed E-state index contributed by atoms with van der Waals surface area (Å²) in [5.74, 6) is 0.215. The number of benzene rings is 2. The van der Waals surface area contributed by atoms with Crippen LogP contribution in [-0.4, -0.2) is 10.1 Å². The molecule has 0 amide bonds. The van der Waals surface area contributed by atoms with Crippen LogP contribution < -0.4 is 0 Å². The van der Waals surface area contributed by atoms with Crippen LogP contribution in [0.3, 0.4) is 0 Å². The second-order valence-electron chi connectivity index (χ2n) is 3.48. The molecule has 0 fully saturated rings. The van der Waals surface area contributed by atoms with E-state index >= 15 is 0 Å². The van der Waals surface area contributed by atoms with E-state index in [9.17, 15) is 5.11 Å². The Morgan fingerprint density at radius 3 is 2.69 bits per heavy atom. The minimum atomic E-state index is 0.215. The minimum Gasteiger partial charge on any atom is -0.506 e. The number of hydrogen-bond acceptors (Lipinski definition) is 3. The predicted octanol–water partition coefficient (Wildman–Crippen LogP) is 3.47. The van der Waals surface area contributed by atoms with Gasteiger partial charge in [0.1, 0.15) is 11.3 Å². The first-order valence-corrected chi connectivity index (χ1v) is 5.72. The van der Waals surface area contributed by atoms with Crippen molar-refractivity contribution >= 4 is 21.6 Å². The van der Waals surface area contributed by atoms with Crippen LogP contribution in [0.4, 0.5) is 0 Å². The Balaban J connectivity index is 2.33. The number of fused-ring (bicyclic) bond motifs is 1. The van der Waals surface area contributed by atoms with Crippen LogP contribution in [0.25, 0.3) is 21.3 Å². The lowest BCUT2D eigenvalue weighted by Crippen LogP contribution is -1.78. The SMILES string of the molecule is Oc1ccc(-c2ccccc2)c2s[c]nc12. The van der Waals surface area contributed by atoms with Gasteiger partial charge in [-0.3, -0.25) is 0 Å². The summed E-state index contributed by atoms with van der Waals surface area (Å²) in [6.07, 6.45) is 0. The molecule has 0 aliphatic heterocycles. The van der Waals surface area contributed by atoms with Crippen LogP contribution in [0, 0.1) is 5.51 Å². The fourth-order valence-electron chi connectivity index (χ4n) is 1.73. The highest BCUT2D eigenvalue weighted by atomic mass is 32.1. The van der Waals surface area contributed by atoms with E-state index in [2.05, 4.69) is 10.5 Å². The van der Waals surface area contributed by atoms with E-state index in [1.165, 1.54) is 11.3 Å². The Kier molecular flexibility index (Phi) is 2.11. The number of phenolic OH excluding ortho intramolecular Hbond substituents is 1. The highest BCUT2D eigenvalue weighted by Crippen LogP contribution is 2.35. The molecule has 0 unspecified atom stereocenters. The quantitative estimate of drug-likeness (QED) is 0.689. The van der Waals surface area contributed by atoms with Gasteiger partial charge in [-0.15, -0.1) is 11.3 Å². The zero-order chi connectivity index (χ0) is 11.0. The van der Waals surface area contributed by atoms with Gasteiger partial charge in [-0.1, -0.05) is 30.3 Å². The molecule has 0 atom stereocenters. The van der Waals surface area contributed by atoms with E-state index in [1.54, 1.807) is 6.07 Å². The van der Waals surface area contributed by atoms with Crippen molar-refractivity contribution in [3.8, 4) is 16.9 Å². The summed E-state index contributed by atoms with van der Waals surface area (Å²) in [5, 5.41) is 9.66. The standard InChI is InChI=1S/C13H8NOS/c15-11-7-6-10(9-4-2-1-3-5-9)13-12(11)14-8-16-13/h1-7,15H. The number of nitrogens with zero attached hydrogens (tertiary/aromatic N) is 1. The number of thiazole rings is 1. The lowest BCUT2D eigenvalue weighted by Gasteiger charge is -2.03. The van der Waals surface area contributed by atoms with Crippen molar-refractivity contribution in [1.82, 2.24) is 4.98 Å². The number of aromatic nitrogens is 1. The van der Waals surface area contributed by atoms with Gasteiger partial charge in [-0.2, -0.15) is 0 Å². The molecule has 1 N–H and O–H groups in total. The van der Waals surface area contributed by atoms with Crippen LogP contribution in [0.5, 0.6) is 5.75 Å². The number of phenols is 1. The second kappa shape index (κ2) is 3.61. The number of hydrogen-bond donors (Lipinski definition) is 1. The molecule has 3 heteroatoms. The van der Waals surface area contributed by atoms with E-state index in [1.807, 2.05) is 36.4 Å². The van der Waals surface area contributed by atoms with Crippen molar-refractivity contribution in [2.75, 3.05) is 0 Å². The first-order chi connectivity index (χ1) is 7.86. The van der Waals surface area contributed by atoms with E-state index in [-0.39, 0.29) is 5.75 Å². The van der Waals surface area contributed by atoms with E-state index in [0.717, 1.165) is 15.8 Å². The van der Waals surface area contributed by atoms with Crippen molar-refractivity contribution in [1.29, 1.82) is 0 Å². The summed E-state index contributed by atoms with van der Waals surface area (Å²) in [6.45, 7) is 0. The van der Waals surface area contributed by atoms with Gasteiger partial charge < -0.3 is 5.11 Å². The lowest BCUT2D eigenvalue weighted by molar-refractivity contribution is 0.480. The molecule has 0 aliphatic rings. The highest BCUT2D eigenvalue weighted by molar-refractivity contribution is 7.17. The van der Waals surface area contributed by atoms with Gasteiger partial charge in [-0.25, -0.2) is 4.98 Å². The maximum Gasteiger partial charge on any atom is 0.153 e. The first-order valence-electron chi connectivity index (χ1n) is 4.90. The largest absolute Gasteiger partial charge is 0.506 e. The lowest BCUT2D eigenvalue weighted by atomic mass is 10.1. The molecule has 0 saturated carbocycles. The van der Waals surface area contributed by atoms with Crippen LogP contribution in [0.15, 0.2) is 42.5 Å². The molecule has 16 heavy (non-hydrogen) atoms. The van der Waals surface area contributed by atoms with Crippen LogP contribution in [-0.2, 0) is 0 Å². The Morgan fingerprint density at radius 2 is 1.88 bits per heavy atom. The maximum atomic E-state index is 9.66. The summed E-state index contributed by atoms with van der Waals surface area (Å²) < 4.78 is 0.978. The normalized spacial score (nSPS) is 10.8. The maximum absolute atomic E-state index is 9.66. The zero-order valence-electron chi connectivity index (χ0n) is 8.34.